The van der Waals surface area contributed by atoms with Crippen LogP contribution in [0.2, 0.25) is 0 Å². The van der Waals surface area contributed by atoms with Crippen LogP contribution >= 0.6 is 0 Å². The van der Waals surface area contributed by atoms with E-state index in [1.54, 1.807) is 0 Å². The Morgan fingerprint density at radius 3 is 2.53 bits per heavy atom. The molecule has 4 N–H and O–H groups in total. The summed E-state index contributed by atoms with van der Waals surface area (Å²) in [7, 11) is 0. The molecule has 0 saturated heterocycles. The van der Waals surface area contributed by atoms with E-state index in [-0.39, 0.29) is 0 Å². The summed E-state index contributed by atoms with van der Waals surface area (Å²) in [5.41, 5.74) is 4.92. The molecule has 2 rings (SSSR count). The maximum atomic E-state index is 5.45. The minimum absolute atomic E-state index is 0.680. The summed E-state index contributed by atoms with van der Waals surface area (Å²) in [6.07, 6.45) is 3.30. The molecule has 0 aliphatic rings. The summed E-state index contributed by atoms with van der Waals surface area (Å²) in [5, 5.41) is 3.34. The maximum absolute atomic E-state index is 5.45. The van der Waals surface area contributed by atoms with Gasteiger partial charge in [-0.2, -0.15) is 0 Å². The smallest absolute Gasteiger partial charge is 0.148 e. The van der Waals surface area contributed by atoms with E-state index in [9.17, 15) is 0 Å². The second kappa shape index (κ2) is 6.70. The van der Waals surface area contributed by atoms with Gasteiger partial charge in [-0.3, -0.25) is 0 Å². The number of hydrazine groups is 1. The van der Waals surface area contributed by atoms with Crippen molar-refractivity contribution in [3.05, 3.63) is 47.8 Å². The first-order valence-corrected chi connectivity index (χ1v) is 6.43. The van der Waals surface area contributed by atoms with Crippen LogP contribution in [0.3, 0.4) is 0 Å². The molecule has 0 radical (unpaired) electrons. The van der Waals surface area contributed by atoms with Gasteiger partial charge in [0.15, 0.2) is 0 Å². The minimum atomic E-state index is 0.680. The van der Waals surface area contributed by atoms with Crippen molar-refractivity contribution in [3.8, 4) is 0 Å². The average molecular weight is 257 g/mol. The fourth-order valence-corrected chi connectivity index (χ4v) is 1.99. The van der Waals surface area contributed by atoms with Crippen LogP contribution in [-0.2, 0) is 12.8 Å². The molecule has 0 saturated carbocycles. The van der Waals surface area contributed by atoms with Crippen LogP contribution in [0.25, 0.3) is 0 Å². The van der Waals surface area contributed by atoms with Crippen molar-refractivity contribution >= 4 is 11.6 Å². The van der Waals surface area contributed by atoms with Gasteiger partial charge in [0.25, 0.3) is 0 Å². The molecule has 2 aromatic rings. The predicted octanol–water partition coefficient (Wildman–Crippen LogP) is 1.98. The number of benzene rings is 1. The van der Waals surface area contributed by atoms with Crippen molar-refractivity contribution < 1.29 is 0 Å². The van der Waals surface area contributed by atoms with Crippen LogP contribution < -0.4 is 16.6 Å². The Labute approximate surface area is 113 Å². The van der Waals surface area contributed by atoms with Gasteiger partial charge in [0.1, 0.15) is 18.0 Å². The normalized spacial score (nSPS) is 10.2. The third-order valence-electron chi connectivity index (χ3n) is 2.98. The Bertz CT molecular complexity index is 512. The van der Waals surface area contributed by atoms with Gasteiger partial charge in [0.2, 0.25) is 0 Å². The van der Waals surface area contributed by atoms with E-state index in [1.165, 1.54) is 11.9 Å². The summed E-state index contributed by atoms with van der Waals surface area (Å²) in [6, 6.07) is 10.4. The number of nitrogens with two attached hydrogens (primary N) is 1. The molecule has 5 heteroatoms. The van der Waals surface area contributed by atoms with Crippen LogP contribution in [0.1, 0.15) is 18.1 Å². The second-order valence-electron chi connectivity index (χ2n) is 4.21. The molecule has 1 aromatic carbocycles. The highest BCUT2D eigenvalue weighted by Crippen LogP contribution is 2.19. The SMILES string of the molecule is CCc1c(NN)ncnc1NCCc1ccccc1. The standard InChI is InChI=1S/C14H19N5/c1-2-12-13(17-10-18-14(12)19-15)16-9-8-11-6-4-3-5-7-11/h3-7,10H,2,8-9,15H2,1H3,(H2,16,17,18,19). The Hall–Kier alpha value is -2.14. The first kappa shape index (κ1) is 13.3. The molecule has 1 heterocycles. The van der Waals surface area contributed by atoms with Gasteiger partial charge in [-0.25, -0.2) is 15.8 Å². The van der Waals surface area contributed by atoms with E-state index in [0.717, 1.165) is 30.8 Å². The maximum Gasteiger partial charge on any atom is 0.148 e. The Morgan fingerprint density at radius 2 is 1.84 bits per heavy atom. The van der Waals surface area contributed by atoms with Crippen molar-refractivity contribution in [2.75, 3.05) is 17.3 Å². The predicted molar refractivity (Wildman–Crippen MR) is 77.9 cm³/mol. The molecule has 5 nitrogen and oxygen atoms in total. The zero-order chi connectivity index (χ0) is 13.5. The van der Waals surface area contributed by atoms with Crippen LogP contribution in [-0.4, -0.2) is 16.5 Å². The number of hydrogen-bond donors (Lipinski definition) is 3. The Balaban J connectivity index is 2.00. The highest BCUT2D eigenvalue weighted by atomic mass is 15.3. The highest BCUT2D eigenvalue weighted by molar-refractivity contribution is 5.56. The first-order chi connectivity index (χ1) is 9.35. The summed E-state index contributed by atoms with van der Waals surface area (Å²) >= 11 is 0. The van der Waals surface area contributed by atoms with E-state index < -0.39 is 0 Å². The van der Waals surface area contributed by atoms with Crippen molar-refractivity contribution in [1.82, 2.24) is 9.97 Å². The zero-order valence-electron chi connectivity index (χ0n) is 11.1. The summed E-state index contributed by atoms with van der Waals surface area (Å²) in [6.45, 7) is 2.89. The highest BCUT2D eigenvalue weighted by Gasteiger charge is 2.07. The van der Waals surface area contributed by atoms with Gasteiger partial charge in [0, 0.05) is 12.1 Å². The first-order valence-electron chi connectivity index (χ1n) is 6.43. The molecule has 0 amide bonds. The van der Waals surface area contributed by atoms with Crippen LogP contribution in [0.4, 0.5) is 11.6 Å². The molecule has 1 aromatic heterocycles. The monoisotopic (exact) mass is 257 g/mol. The summed E-state index contributed by atoms with van der Waals surface area (Å²) < 4.78 is 0. The van der Waals surface area contributed by atoms with Crippen LogP contribution in [0.5, 0.6) is 0 Å². The number of nitrogens with one attached hydrogen (secondary N) is 2. The van der Waals surface area contributed by atoms with Gasteiger partial charge >= 0.3 is 0 Å². The topological polar surface area (TPSA) is 75.9 Å². The number of rotatable bonds is 6. The Morgan fingerprint density at radius 1 is 1.11 bits per heavy atom. The van der Waals surface area contributed by atoms with E-state index in [2.05, 4.69) is 39.8 Å². The molecule has 0 atom stereocenters. The molecule has 0 spiro atoms. The third-order valence-corrected chi connectivity index (χ3v) is 2.98. The lowest BCUT2D eigenvalue weighted by atomic mass is 10.1. The lowest BCUT2D eigenvalue weighted by molar-refractivity contribution is 0.971. The molecule has 19 heavy (non-hydrogen) atoms. The summed E-state index contributed by atoms with van der Waals surface area (Å²) in [4.78, 5) is 8.38. The molecule has 0 fully saturated rings. The lowest BCUT2D eigenvalue weighted by Gasteiger charge is -2.12. The fourth-order valence-electron chi connectivity index (χ4n) is 1.99. The molecule has 100 valence electrons. The number of anilines is 2. The van der Waals surface area contributed by atoms with Crippen LogP contribution in [0.15, 0.2) is 36.7 Å². The molecule has 0 aliphatic heterocycles. The minimum Gasteiger partial charge on any atom is -0.369 e. The van der Waals surface area contributed by atoms with Gasteiger partial charge < -0.3 is 10.7 Å². The van der Waals surface area contributed by atoms with Gasteiger partial charge in [0.05, 0.1) is 0 Å². The van der Waals surface area contributed by atoms with Gasteiger partial charge in [-0.15, -0.1) is 0 Å². The van der Waals surface area contributed by atoms with Crippen molar-refractivity contribution in [2.45, 2.75) is 19.8 Å². The molecular weight excluding hydrogens is 238 g/mol. The third kappa shape index (κ3) is 3.42. The average Bonchev–Trinajstić information content (AvgIpc) is 2.48. The largest absolute Gasteiger partial charge is 0.369 e. The van der Waals surface area contributed by atoms with E-state index in [4.69, 9.17) is 5.84 Å². The van der Waals surface area contributed by atoms with Crippen molar-refractivity contribution in [3.63, 3.8) is 0 Å². The quantitative estimate of drug-likeness (QED) is 0.545. The fraction of sp³-hybridized carbons (Fsp3) is 0.286. The molecular formula is C14H19N5. The zero-order valence-corrected chi connectivity index (χ0v) is 11.1. The van der Waals surface area contributed by atoms with E-state index in [1.807, 2.05) is 18.2 Å². The van der Waals surface area contributed by atoms with Crippen molar-refractivity contribution in [1.29, 1.82) is 0 Å². The van der Waals surface area contributed by atoms with E-state index in [0.29, 0.717) is 5.82 Å². The lowest BCUT2D eigenvalue weighted by Crippen LogP contribution is -2.15. The number of nitrogens with zero attached hydrogens (tertiary/aromatic N) is 2. The second-order valence-corrected chi connectivity index (χ2v) is 4.21. The van der Waals surface area contributed by atoms with Gasteiger partial charge in [-0.1, -0.05) is 37.3 Å². The summed E-state index contributed by atoms with van der Waals surface area (Å²) in [5.74, 6) is 6.98. The van der Waals surface area contributed by atoms with Gasteiger partial charge in [-0.05, 0) is 18.4 Å². The molecule has 0 bridgehead atoms. The van der Waals surface area contributed by atoms with Crippen LogP contribution in [0, 0.1) is 0 Å². The molecule has 0 aliphatic carbocycles. The Kier molecular flexibility index (Phi) is 4.69. The number of aromatic nitrogens is 2. The number of nitrogen functional groups attached to an aromatic ring is 1. The molecule has 0 unspecified atom stereocenters. The van der Waals surface area contributed by atoms with Crippen molar-refractivity contribution in [2.24, 2.45) is 5.84 Å². The number of hydrogen-bond acceptors (Lipinski definition) is 5. The van der Waals surface area contributed by atoms with E-state index >= 15 is 0 Å².